The Morgan fingerprint density at radius 1 is 1.06 bits per heavy atom. The minimum Gasteiger partial charge on any atom is -0.497 e. The molecule has 2 bridgehead atoms. The van der Waals surface area contributed by atoms with Crippen molar-refractivity contribution in [3.05, 3.63) is 64.7 Å². The maximum Gasteiger partial charge on any atom is 0.298 e. The fourth-order valence-electron chi connectivity index (χ4n) is 7.38. The number of nitrogens with one attached hydrogen (secondary N) is 1. The highest BCUT2D eigenvalue weighted by molar-refractivity contribution is 5.95. The van der Waals surface area contributed by atoms with Gasteiger partial charge in [-0.25, -0.2) is 0 Å². The topological polar surface area (TPSA) is 58.6 Å². The lowest BCUT2D eigenvalue weighted by Gasteiger charge is -2.50. The number of hydrogen-bond acceptors (Lipinski definition) is 3. The Bertz CT molecular complexity index is 1180. The number of hydrogen-bond donors (Lipinski definition) is 1. The molecule has 2 fully saturated rings. The Morgan fingerprint density at radius 3 is 2.39 bits per heavy atom. The first-order chi connectivity index (χ1) is 17.3. The molecule has 0 radical (unpaired) electrons. The number of fused-ring (bicyclic) bond motifs is 3. The lowest BCUT2D eigenvalue weighted by atomic mass is 9.61. The molecule has 1 aliphatic heterocycles. The van der Waals surface area contributed by atoms with E-state index in [2.05, 4.69) is 25.1 Å². The molecule has 0 aromatic heterocycles. The molecular weight excluding hydrogens is 448 g/mol. The van der Waals surface area contributed by atoms with Crippen LogP contribution in [0.1, 0.15) is 79.0 Å². The van der Waals surface area contributed by atoms with Gasteiger partial charge in [-0.2, -0.15) is 0 Å². The van der Waals surface area contributed by atoms with Gasteiger partial charge in [-0.1, -0.05) is 32.0 Å². The van der Waals surface area contributed by atoms with Crippen LogP contribution in [0.3, 0.4) is 0 Å². The van der Waals surface area contributed by atoms with Crippen molar-refractivity contribution < 1.29 is 14.3 Å². The van der Waals surface area contributed by atoms with Crippen LogP contribution >= 0.6 is 0 Å². The summed E-state index contributed by atoms with van der Waals surface area (Å²) in [6.45, 7) is 5.17. The molecule has 5 heteroatoms. The molecule has 2 aliphatic carbocycles. The zero-order valence-corrected chi connectivity index (χ0v) is 21.5. The van der Waals surface area contributed by atoms with Gasteiger partial charge in [0.15, 0.2) is 0 Å². The van der Waals surface area contributed by atoms with E-state index in [9.17, 15) is 9.59 Å². The number of methoxy groups -OCH3 is 1. The molecule has 5 nitrogen and oxygen atoms in total. The lowest BCUT2D eigenvalue weighted by molar-refractivity contribution is -0.127. The first-order valence-corrected chi connectivity index (χ1v) is 13.2. The van der Waals surface area contributed by atoms with E-state index in [0.29, 0.717) is 29.9 Å². The highest BCUT2D eigenvalue weighted by Crippen LogP contribution is 2.47. The van der Waals surface area contributed by atoms with E-state index in [4.69, 9.17) is 11.2 Å². The molecule has 2 saturated carbocycles. The average molecular weight is 485 g/mol. The zero-order valence-electron chi connectivity index (χ0n) is 21.5. The largest absolute Gasteiger partial charge is 0.497 e. The monoisotopic (exact) mass is 484 g/mol. The minimum atomic E-state index is -0.324. The lowest BCUT2D eigenvalue weighted by Crippen LogP contribution is -2.56. The summed E-state index contributed by atoms with van der Waals surface area (Å²) in [5.74, 6) is 4.75. The van der Waals surface area contributed by atoms with E-state index in [-0.39, 0.29) is 23.4 Å². The van der Waals surface area contributed by atoms with E-state index in [1.807, 2.05) is 42.5 Å². The molecule has 3 aliphatic rings. The number of carbonyl (C=O) groups is 2. The van der Waals surface area contributed by atoms with Crippen LogP contribution in [0, 0.1) is 30.1 Å². The Labute approximate surface area is 214 Å². The van der Waals surface area contributed by atoms with E-state index >= 15 is 0 Å². The third kappa shape index (κ3) is 4.62. The molecule has 3 atom stereocenters. The summed E-state index contributed by atoms with van der Waals surface area (Å²) < 4.78 is 5.41. The molecule has 2 aromatic carbocycles. The number of terminal acetylenes is 1. The average Bonchev–Trinajstić information content (AvgIpc) is 2.86. The van der Waals surface area contributed by atoms with Gasteiger partial charge in [0.2, 0.25) is 0 Å². The number of nitrogens with zero attached hydrogens (tertiary/aromatic N) is 1. The molecule has 1 heterocycles. The summed E-state index contributed by atoms with van der Waals surface area (Å²) >= 11 is 0. The summed E-state index contributed by atoms with van der Waals surface area (Å²) in [4.78, 5) is 27.8. The first-order valence-electron chi connectivity index (χ1n) is 13.2. The van der Waals surface area contributed by atoms with Gasteiger partial charge >= 0.3 is 0 Å². The van der Waals surface area contributed by atoms with Crippen molar-refractivity contribution in [3.8, 4) is 18.1 Å². The van der Waals surface area contributed by atoms with Gasteiger partial charge in [0.25, 0.3) is 11.8 Å². The van der Waals surface area contributed by atoms with Crippen molar-refractivity contribution in [2.24, 2.45) is 17.8 Å². The second kappa shape index (κ2) is 9.65. The summed E-state index contributed by atoms with van der Waals surface area (Å²) in [5, 5.41) is 3.46. The third-order valence-corrected chi connectivity index (χ3v) is 8.46. The fraction of sp³-hybridized carbons (Fsp3) is 0.484. The van der Waals surface area contributed by atoms with Crippen molar-refractivity contribution in [1.29, 1.82) is 0 Å². The van der Waals surface area contributed by atoms with Gasteiger partial charge in [0.1, 0.15) is 5.75 Å². The van der Waals surface area contributed by atoms with Gasteiger partial charge in [-0.15, -0.1) is 6.42 Å². The Hall–Kier alpha value is -3.26. The van der Waals surface area contributed by atoms with Crippen LogP contribution in [0.5, 0.6) is 5.75 Å². The van der Waals surface area contributed by atoms with Crippen LogP contribution in [0.15, 0.2) is 42.5 Å². The number of ether oxygens (including phenoxy) is 1. The van der Waals surface area contributed by atoms with Gasteiger partial charge < -0.3 is 15.0 Å². The number of carbonyl (C=O) groups excluding carboxylic acids is 2. The SMILES string of the molecule is C#CC(=O)N1CCc2cc(OC)ccc2[C@@H]1c1ccc(C(=O)NC23CC(C)CC(CC(C)C2)C3)cc1. The second-order valence-electron chi connectivity index (χ2n) is 11.4. The van der Waals surface area contributed by atoms with Crippen LogP contribution in [0.25, 0.3) is 0 Å². The van der Waals surface area contributed by atoms with Crippen molar-refractivity contribution in [3.63, 3.8) is 0 Å². The van der Waals surface area contributed by atoms with Crippen LogP contribution in [0.4, 0.5) is 0 Å². The molecule has 2 unspecified atom stereocenters. The molecule has 36 heavy (non-hydrogen) atoms. The molecule has 2 aromatic rings. The Balaban J connectivity index is 1.40. The standard InChI is InChI=1S/C31H36N2O3/c1-5-28(34)33-13-12-25-16-26(36-4)10-11-27(25)29(33)23-6-8-24(9-7-23)30(35)32-31-17-20(2)14-22(19-31)15-21(3)18-31/h1,6-11,16,20-22,29H,12-15,17-19H2,2-4H3,(H,32,35)/t20?,21?,22?,29-,31?/m0/s1. The van der Waals surface area contributed by atoms with Crippen LogP contribution < -0.4 is 10.1 Å². The van der Waals surface area contributed by atoms with Gasteiger partial charge in [-0.3, -0.25) is 9.59 Å². The van der Waals surface area contributed by atoms with Crippen molar-refractivity contribution in [2.75, 3.05) is 13.7 Å². The predicted octanol–water partition coefficient (Wildman–Crippen LogP) is 5.14. The first kappa shape index (κ1) is 24.4. The van der Waals surface area contributed by atoms with Gasteiger partial charge in [-0.05, 0) is 103 Å². The zero-order chi connectivity index (χ0) is 25.4. The fourth-order valence-corrected chi connectivity index (χ4v) is 7.38. The number of amides is 2. The predicted molar refractivity (Wildman–Crippen MR) is 141 cm³/mol. The molecule has 5 rings (SSSR count). The molecule has 1 N–H and O–H groups in total. The Kier molecular flexibility index (Phi) is 6.55. The van der Waals surface area contributed by atoms with Crippen molar-refractivity contribution in [1.82, 2.24) is 10.2 Å². The molecule has 2 amide bonds. The summed E-state index contributed by atoms with van der Waals surface area (Å²) in [6, 6.07) is 13.4. The summed E-state index contributed by atoms with van der Waals surface area (Å²) in [7, 11) is 1.65. The van der Waals surface area contributed by atoms with Crippen LogP contribution in [0.2, 0.25) is 0 Å². The van der Waals surface area contributed by atoms with Gasteiger partial charge in [0, 0.05) is 17.6 Å². The molecular formula is C31H36N2O3. The maximum atomic E-state index is 13.4. The van der Waals surface area contributed by atoms with Crippen molar-refractivity contribution >= 4 is 11.8 Å². The summed E-state index contributed by atoms with van der Waals surface area (Å²) in [6.07, 6.45) is 12.0. The molecule has 0 saturated heterocycles. The Morgan fingerprint density at radius 2 is 1.75 bits per heavy atom. The second-order valence-corrected chi connectivity index (χ2v) is 11.4. The minimum absolute atomic E-state index is 0.00571. The third-order valence-electron chi connectivity index (χ3n) is 8.46. The number of benzene rings is 2. The van der Waals surface area contributed by atoms with Crippen LogP contribution in [-0.2, 0) is 11.2 Å². The smallest absolute Gasteiger partial charge is 0.298 e. The van der Waals surface area contributed by atoms with Crippen LogP contribution in [-0.4, -0.2) is 35.9 Å². The highest BCUT2D eigenvalue weighted by Gasteiger charge is 2.45. The van der Waals surface area contributed by atoms with E-state index < -0.39 is 0 Å². The van der Waals surface area contributed by atoms with E-state index in [1.165, 1.54) is 12.8 Å². The van der Waals surface area contributed by atoms with Gasteiger partial charge in [0.05, 0.1) is 13.2 Å². The quantitative estimate of drug-likeness (QED) is 0.612. The molecule has 188 valence electrons. The van der Waals surface area contributed by atoms with E-state index in [0.717, 1.165) is 48.1 Å². The maximum absolute atomic E-state index is 13.4. The normalized spacial score (nSPS) is 29.0. The molecule has 0 spiro atoms. The number of rotatable bonds is 4. The van der Waals surface area contributed by atoms with Crippen molar-refractivity contribution in [2.45, 2.75) is 64.0 Å². The highest BCUT2D eigenvalue weighted by atomic mass is 16.5. The van der Waals surface area contributed by atoms with E-state index in [1.54, 1.807) is 12.0 Å². The summed E-state index contributed by atoms with van der Waals surface area (Å²) in [5.41, 5.74) is 3.69.